The molecule has 2 aromatic rings. The molecule has 0 fully saturated rings. The second-order valence-electron chi connectivity index (χ2n) is 3.58. The van der Waals surface area contributed by atoms with Crippen LogP contribution < -0.4 is 0 Å². The first kappa shape index (κ1) is 13.4. The Balaban J connectivity index is 2.43. The summed E-state index contributed by atoms with van der Waals surface area (Å²) in [4.78, 5) is 11.7. The van der Waals surface area contributed by atoms with Crippen LogP contribution in [0.25, 0.3) is 0 Å². The number of nitro groups is 1. The van der Waals surface area contributed by atoms with E-state index in [1.807, 2.05) is 12.1 Å². The van der Waals surface area contributed by atoms with Crippen molar-refractivity contribution in [2.24, 2.45) is 0 Å². The average Bonchev–Trinajstić information content (AvgIpc) is 2.41. The molecule has 0 aromatic heterocycles. The zero-order valence-electron chi connectivity index (χ0n) is 9.54. The molecule has 0 amide bonds. The highest BCUT2D eigenvalue weighted by Crippen LogP contribution is 2.38. The molecule has 2 aromatic carbocycles. The Hall–Kier alpha value is -2.03. The van der Waals surface area contributed by atoms with Gasteiger partial charge in [-0.2, -0.15) is 5.26 Å². The molecule has 0 saturated heterocycles. The van der Waals surface area contributed by atoms with Gasteiger partial charge in [0.05, 0.1) is 26.5 Å². The van der Waals surface area contributed by atoms with Crippen LogP contribution >= 0.6 is 23.4 Å². The van der Waals surface area contributed by atoms with Crippen molar-refractivity contribution >= 4 is 29.1 Å². The predicted molar refractivity (Wildman–Crippen MR) is 73.4 cm³/mol. The number of nitrogens with zero attached hydrogens (tertiary/aromatic N) is 2. The van der Waals surface area contributed by atoms with Gasteiger partial charge in [-0.05, 0) is 24.3 Å². The largest absolute Gasteiger partial charge is 0.284 e. The molecule has 19 heavy (non-hydrogen) atoms. The van der Waals surface area contributed by atoms with Crippen LogP contribution in [-0.2, 0) is 0 Å². The molecule has 4 nitrogen and oxygen atoms in total. The number of halogens is 1. The van der Waals surface area contributed by atoms with Gasteiger partial charge in [0.2, 0.25) is 0 Å². The SMILES string of the molecule is N#Cc1ccc(Sc2ccccc2Cl)c([N+](=O)[O-])c1. The van der Waals surface area contributed by atoms with E-state index >= 15 is 0 Å². The van der Waals surface area contributed by atoms with Gasteiger partial charge in [0.15, 0.2) is 0 Å². The lowest BCUT2D eigenvalue weighted by atomic mass is 10.2. The second kappa shape index (κ2) is 5.74. The van der Waals surface area contributed by atoms with Gasteiger partial charge in [-0.1, -0.05) is 35.5 Å². The molecule has 0 N–H and O–H groups in total. The number of nitriles is 1. The van der Waals surface area contributed by atoms with Gasteiger partial charge >= 0.3 is 0 Å². The molecule has 0 bridgehead atoms. The van der Waals surface area contributed by atoms with E-state index in [1.54, 1.807) is 30.3 Å². The molecule has 0 spiro atoms. The van der Waals surface area contributed by atoms with Crippen LogP contribution in [-0.4, -0.2) is 4.92 Å². The van der Waals surface area contributed by atoms with Gasteiger partial charge in [-0.15, -0.1) is 0 Å². The van der Waals surface area contributed by atoms with Crippen molar-refractivity contribution in [3.63, 3.8) is 0 Å². The van der Waals surface area contributed by atoms with Gasteiger partial charge in [-0.3, -0.25) is 10.1 Å². The molecule has 0 heterocycles. The Bertz CT molecular complexity index is 683. The number of nitro benzene ring substituents is 1. The minimum Gasteiger partial charge on any atom is -0.258 e. The number of hydrogen-bond donors (Lipinski definition) is 0. The first-order valence-electron chi connectivity index (χ1n) is 5.22. The van der Waals surface area contributed by atoms with Crippen molar-refractivity contribution in [1.82, 2.24) is 0 Å². The summed E-state index contributed by atoms with van der Waals surface area (Å²) in [5.74, 6) is 0. The van der Waals surface area contributed by atoms with E-state index in [0.29, 0.717) is 9.92 Å². The Morgan fingerprint density at radius 2 is 1.95 bits per heavy atom. The average molecular weight is 291 g/mol. The van der Waals surface area contributed by atoms with Gasteiger partial charge in [0, 0.05) is 11.0 Å². The van der Waals surface area contributed by atoms with Gasteiger partial charge in [0.1, 0.15) is 0 Å². The zero-order chi connectivity index (χ0) is 13.8. The highest BCUT2D eigenvalue weighted by molar-refractivity contribution is 7.99. The zero-order valence-corrected chi connectivity index (χ0v) is 11.1. The molecule has 6 heteroatoms. The van der Waals surface area contributed by atoms with E-state index in [1.165, 1.54) is 17.8 Å². The smallest absolute Gasteiger partial charge is 0.258 e. The number of rotatable bonds is 3. The van der Waals surface area contributed by atoms with Crippen LogP contribution in [0.2, 0.25) is 5.02 Å². The lowest BCUT2D eigenvalue weighted by Crippen LogP contribution is -1.92. The number of benzene rings is 2. The van der Waals surface area contributed by atoms with Crippen LogP contribution in [0.1, 0.15) is 5.56 Å². The first-order chi connectivity index (χ1) is 9.11. The molecule has 94 valence electrons. The van der Waals surface area contributed by atoms with Crippen molar-refractivity contribution in [3.8, 4) is 6.07 Å². The van der Waals surface area contributed by atoms with Gasteiger partial charge in [-0.25, -0.2) is 0 Å². The molecule has 0 aliphatic rings. The molecule has 0 unspecified atom stereocenters. The summed E-state index contributed by atoms with van der Waals surface area (Å²) in [5, 5.41) is 20.3. The van der Waals surface area contributed by atoms with Crippen LogP contribution in [0.3, 0.4) is 0 Å². The Kier molecular flexibility index (Phi) is 4.05. The summed E-state index contributed by atoms with van der Waals surface area (Å²) in [5.41, 5.74) is 0.166. The van der Waals surface area contributed by atoms with Crippen LogP contribution in [0, 0.1) is 21.4 Å². The van der Waals surface area contributed by atoms with E-state index in [-0.39, 0.29) is 11.3 Å². The Labute approximate surface area is 118 Å². The van der Waals surface area contributed by atoms with Crippen LogP contribution in [0.5, 0.6) is 0 Å². The fraction of sp³-hybridized carbons (Fsp3) is 0. The molecule has 2 rings (SSSR count). The predicted octanol–water partition coefficient (Wildman–Crippen LogP) is 4.27. The maximum atomic E-state index is 11.0. The van der Waals surface area contributed by atoms with E-state index < -0.39 is 4.92 Å². The van der Waals surface area contributed by atoms with Crippen molar-refractivity contribution in [2.45, 2.75) is 9.79 Å². The molecule has 0 aliphatic heterocycles. The quantitative estimate of drug-likeness (QED) is 0.625. The monoisotopic (exact) mass is 290 g/mol. The molecule has 0 radical (unpaired) electrons. The van der Waals surface area contributed by atoms with E-state index in [4.69, 9.17) is 16.9 Å². The molecular formula is C13H7ClN2O2S. The van der Waals surface area contributed by atoms with Crippen LogP contribution in [0.4, 0.5) is 5.69 Å². The molecule has 0 saturated carbocycles. The summed E-state index contributed by atoms with van der Waals surface area (Å²) >= 11 is 7.23. The normalized spacial score (nSPS) is 9.89. The third-order valence-electron chi connectivity index (χ3n) is 2.34. The fourth-order valence-corrected chi connectivity index (χ4v) is 2.64. The third-order valence-corrected chi connectivity index (χ3v) is 3.92. The van der Waals surface area contributed by atoms with E-state index in [2.05, 4.69) is 0 Å². The van der Waals surface area contributed by atoms with Crippen molar-refractivity contribution in [2.75, 3.05) is 0 Å². The maximum absolute atomic E-state index is 11.0. The summed E-state index contributed by atoms with van der Waals surface area (Å²) in [6.07, 6.45) is 0. The topological polar surface area (TPSA) is 66.9 Å². The van der Waals surface area contributed by atoms with Crippen LogP contribution in [0.15, 0.2) is 52.3 Å². The second-order valence-corrected chi connectivity index (χ2v) is 5.07. The summed E-state index contributed by atoms with van der Waals surface area (Å²) < 4.78 is 0. The lowest BCUT2D eigenvalue weighted by molar-refractivity contribution is -0.387. The summed E-state index contributed by atoms with van der Waals surface area (Å²) in [6, 6.07) is 13.4. The Morgan fingerprint density at radius 3 is 2.58 bits per heavy atom. The summed E-state index contributed by atoms with van der Waals surface area (Å²) in [6.45, 7) is 0. The third kappa shape index (κ3) is 3.05. The highest BCUT2D eigenvalue weighted by Gasteiger charge is 2.16. The molecular weight excluding hydrogens is 284 g/mol. The summed E-state index contributed by atoms with van der Waals surface area (Å²) in [7, 11) is 0. The molecule has 0 aliphatic carbocycles. The van der Waals surface area contributed by atoms with E-state index in [9.17, 15) is 10.1 Å². The maximum Gasteiger partial charge on any atom is 0.284 e. The Morgan fingerprint density at radius 1 is 1.21 bits per heavy atom. The minimum atomic E-state index is -0.500. The van der Waals surface area contributed by atoms with Crippen molar-refractivity contribution in [1.29, 1.82) is 5.26 Å². The van der Waals surface area contributed by atoms with Gasteiger partial charge < -0.3 is 0 Å². The lowest BCUT2D eigenvalue weighted by Gasteiger charge is -2.04. The van der Waals surface area contributed by atoms with Crippen molar-refractivity contribution in [3.05, 3.63) is 63.2 Å². The standard InChI is InChI=1S/C13H7ClN2O2S/c14-10-3-1-2-4-12(10)19-13-6-5-9(8-15)7-11(13)16(17)18/h1-7H. The highest BCUT2D eigenvalue weighted by atomic mass is 35.5. The first-order valence-corrected chi connectivity index (χ1v) is 6.42. The molecule has 0 atom stereocenters. The van der Waals surface area contributed by atoms with Gasteiger partial charge in [0.25, 0.3) is 5.69 Å². The minimum absolute atomic E-state index is 0.0935. The van der Waals surface area contributed by atoms with E-state index in [0.717, 1.165) is 4.90 Å². The number of hydrogen-bond acceptors (Lipinski definition) is 4. The van der Waals surface area contributed by atoms with Crippen molar-refractivity contribution < 1.29 is 4.92 Å². The fourth-order valence-electron chi connectivity index (χ4n) is 1.46.